The van der Waals surface area contributed by atoms with Crippen LogP contribution in [-0.4, -0.2) is 24.8 Å². The van der Waals surface area contributed by atoms with E-state index >= 15 is 0 Å². The molecule has 1 saturated heterocycles. The average Bonchev–Trinajstić information content (AvgIpc) is 2.55. The summed E-state index contributed by atoms with van der Waals surface area (Å²) in [6, 6.07) is 7.22. The summed E-state index contributed by atoms with van der Waals surface area (Å²) in [6.07, 6.45) is 0.272. The summed E-state index contributed by atoms with van der Waals surface area (Å²) in [5.41, 5.74) is 5.67. The first-order valence-corrected chi connectivity index (χ1v) is 5.89. The van der Waals surface area contributed by atoms with E-state index in [0.29, 0.717) is 30.2 Å². The van der Waals surface area contributed by atoms with Crippen molar-refractivity contribution in [1.82, 2.24) is 0 Å². The van der Waals surface area contributed by atoms with E-state index in [-0.39, 0.29) is 6.09 Å². The molecule has 0 bridgehead atoms. The van der Waals surface area contributed by atoms with E-state index in [1.54, 1.807) is 17.0 Å². The number of carbonyl (C=O) groups is 1. The summed E-state index contributed by atoms with van der Waals surface area (Å²) in [7, 11) is 0. The second-order valence-corrected chi connectivity index (χ2v) is 4.80. The zero-order chi connectivity index (χ0) is 12.5. The molecule has 0 aliphatic carbocycles. The molecule has 92 valence electrons. The lowest BCUT2D eigenvalue weighted by molar-refractivity contribution is 0.0672. The van der Waals surface area contributed by atoms with Crippen molar-refractivity contribution in [2.45, 2.75) is 18.9 Å². The number of carbonyl (C=O) groups excluding carboxylic acids is 1. The molecule has 5 heteroatoms. The Morgan fingerprint density at radius 3 is 2.88 bits per heavy atom. The molecule has 1 heterocycles. The predicted octanol–water partition coefficient (Wildman–Crippen LogP) is 2.40. The number of hydrogen-bond acceptors (Lipinski definition) is 3. The van der Waals surface area contributed by atoms with Crippen LogP contribution >= 0.6 is 11.6 Å². The van der Waals surface area contributed by atoms with E-state index in [0.717, 1.165) is 0 Å². The van der Waals surface area contributed by atoms with Crippen LogP contribution in [0.3, 0.4) is 0 Å². The highest BCUT2D eigenvalue weighted by molar-refractivity contribution is 6.33. The number of benzene rings is 1. The lowest BCUT2D eigenvalue weighted by Gasteiger charge is -2.20. The summed E-state index contributed by atoms with van der Waals surface area (Å²) in [6.45, 7) is 2.85. The van der Waals surface area contributed by atoms with Gasteiger partial charge in [0.15, 0.2) is 0 Å². The van der Waals surface area contributed by atoms with Crippen LogP contribution in [0, 0.1) is 0 Å². The van der Waals surface area contributed by atoms with E-state index in [2.05, 4.69) is 0 Å². The van der Waals surface area contributed by atoms with Crippen LogP contribution in [0.5, 0.6) is 0 Å². The molecule has 1 aliphatic heterocycles. The molecule has 2 rings (SSSR count). The van der Waals surface area contributed by atoms with Crippen LogP contribution in [0.25, 0.3) is 0 Å². The zero-order valence-electron chi connectivity index (χ0n) is 9.65. The van der Waals surface area contributed by atoms with Crippen molar-refractivity contribution in [3.63, 3.8) is 0 Å². The molecule has 1 aromatic rings. The Morgan fingerprint density at radius 2 is 2.24 bits per heavy atom. The van der Waals surface area contributed by atoms with Crippen LogP contribution in [-0.2, 0) is 4.74 Å². The van der Waals surface area contributed by atoms with Crippen LogP contribution in [0.15, 0.2) is 24.3 Å². The fourth-order valence-corrected chi connectivity index (χ4v) is 2.22. The Morgan fingerprint density at radius 1 is 1.53 bits per heavy atom. The highest BCUT2D eigenvalue weighted by atomic mass is 35.5. The fourth-order valence-electron chi connectivity index (χ4n) is 1.99. The highest BCUT2D eigenvalue weighted by Crippen LogP contribution is 2.33. The van der Waals surface area contributed by atoms with Gasteiger partial charge in [-0.05, 0) is 25.6 Å². The third-order valence-electron chi connectivity index (χ3n) is 2.86. The average molecular weight is 255 g/mol. The van der Waals surface area contributed by atoms with Gasteiger partial charge < -0.3 is 10.5 Å². The zero-order valence-corrected chi connectivity index (χ0v) is 10.4. The molecule has 4 nitrogen and oxygen atoms in total. The minimum absolute atomic E-state index is 0.367. The fraction of sp³-hybridized carbons (Fsp3) is 0.417. The largest absolute Gasteiger partial charge is 0.441 e. The molecule has 2 N–H and O–H groups in total. The van der Waals surface area contributed by atoms with Gasteiger partial charge in [0, 0.05) is 6.42 Å². The number of cyclic esters (lactones) is 1. The number of anilines is 1. The molecule has 0 radical (unpaired) electrons. The Hall–Kier alpha value is -1.26. The van der Waals surface area contributed by atoms with E-state index in [4.69, 9.17) is 22.1 Å². The number of nitrogens with two attached hydrogens (primary N) is 1. The number of ether oxygens (including phenoxy) is 1. The molecule has 1 atom stereocenters. The van der Waals surface area contributed by atoms with Gasteiger partial charge >= 0.3 is 6.09 Å². The standard InChI is InChI=1S/C12H15ClN2O2/c1-12(6-7-14)8-15(11(16)17-12)10-5-3-2-4-9(10)13/h2-5H,6-8,14H2,1H3. The van der Waals surface area contributed by atoms with Crippen molar-refractivity contribution in [2.75, 3.05) is 18.0 Å². The third kappa shape index (κ3) is 2.37. The number of halogens is 1. The Kier molecular flexibility index (Phi) is 3.26. The second-order valence-electron chi connectivity index (χ2n) is 4.39. The lowest BCUT2D eigenvalue weighted by Crippen LogP contribution is -2.33. The molecule has 1 amide bonds. The number of hydrogen-bond donors (Lipinski definition) is 1. The molecular weight excluding hydrogens is 240 g/mol. The third-order valence-corrected chi connectivity index (χ3v) is 3.18. The molecule has 1 aromatic carbocycles. The summed E-state index contributed by atoms with van der Waals surface area (Å²) < 4.78 is 5.36. The van der Waals surface area contributed by atoms with E-state index in [9.17, 15) is 4.79 Å². The topological polar surface area (TPSA) is 55.6 Å². The summed E-state index contributed by atoms with van der Waals surface area (Å²) in [4.78, 5) is 13.4. The maximum Gasteiger partial charge on any atom is 0.415 e. The van der Waals surface area contributed by atoms with Crippen molar-refractivity contribution in [3.05, 3.63) is 29.3 Å². The molecule has 17 heavy (non-hydrogen) atoms. The first kappa shape index (κ1) is 12.2. The first-order valence-electron chi connectivity index (χ1n) is 5.51. The van der Waals surface area contributed by atoms with Gasteiger partial charge in [-0.2, -0.15) is 0 Å². The molecule has 0 saturated carbocycles. The summed E-state index contributed by atoms with van der Waals surface area (Å²) in [5, 5.41) is 0.543. The molecule has 1 unspecified atom stereocenters. The quantitative estimate of drug-likeness (QED) is 0.901. The maximum atomic E-state index is 11.8. The van der Waals surface area contributed by atoms with E-state index in [1.807, 2.05) is 19.1 Å². The van der Waals surface area contributed by atoms with Gasteiger partial charge in [-0.3, -0.25) is 4.90 Å². The second kappa shape index (κ2) is 4.55. The highest BCUT2D eigenvalue weighted by Gasteiger charge is 2.41. The number of rotatable bonds is 3. The van der Waals surface area contributed by atoms with Crippen molar-refractivity contribution in [1.29, 1.82) is 0 Å². The normalized spacial score (nSPS) is 23.9. The number of nitrogens with zero attached hydrogens (tertiary/aromatic N) is 1. The van der Waals surface area contributed by atoms with Gasteiger partial charge in [0.25, 0.3) is 0 Å². The summed E-state index contributed by atoms with van der Waals surface area (Å²) in [5.74, 6) is 0. The number of para-hydroxylation sites is 1. The van der Waals surface area contributed by atoms with Crippen LogP contribution in [0.4, 0.5) is 10.5 Å². The Balaban J connectivity index is 2.25. The van der Waals surface area contributed by atoms with Gasteiger partial charge in [0.05, 0.1) is 17.3 Å². The van der Waals surface area contributed by atoms with Gasteiger partial charge in [0.2, 0.25) is 0 Å². The van der Waals surface area contributed by atoms with Crippen LogP contribution < -0.4 is 10.6 Å². The SMILES string of the molecule is CC1(CCN)CN(c2ccccc2Cl)C(=O)O1. The number of amides is 1. The molecule has 0 aromatic heterocycles. The minimum Gasteiger partial charge on any atom is -0.441 e. The monoisotopic (exact) mass is 254 g/mol. The van der Waals surface area contributed by atoms with Crippen LogP contribution in [0.2, 0.25) is 5.02 Å². The molecule has 0 spiro atoms. The van der Waals surface area contributed by atoms with E-state index in [1.165, 1.54) is 0 Å². The van der Waals surface area contributed by atoms with Gasteiger partial charge in [-0.15, -0.1) is 0 Å². The predicted molar refractivity (Wildman–Crippen MR) is 67.4 cm³/mol. The molecule has 1 aliphatic rings. The van der Waals surface area contributed by atoms with Crippen LogP contribution in [0.1, 0.15) is 13.3 Å². The Labute approximate surface area is 105 Å². The maximum absolute atomic E-state index is 11.8. The van der Waals surface area contributed by atoms with Gasteiger partial charge in [-0.1, -0.05) is 23.7 Å². The molecular formula is C12H15ClN2O2. The summed E-state index contributed by atoms with van der Waals surface area (Å²) >= 11 is 6.07. The van der Waals surface area contributed by atoms with Crippen molar-refractivity contribution in [3.8, 4) is 0 Å². The van der Waals surface area contributed by atoms with E-state index < -0.39 is 5.60 Å². The first-order chi connectivity index (χ1) is 8.06. The smallest absolute Gasteiger partial charge is 0.415 e. The van der Waals surface area contributed by atoms with Gasteiger partial charge in [0.1, 0.15) is 5.60 Å². The Bertz CT molecular complexity index is 438. The van der Waals surface area contributed by atoms with Crippen molar-refractivity contribution < 1.29 is 9.53 Å². The van der Waals surface area contributed by atoms with Crippen molar-refractivity contribution >= 4 is 23.4 Å². The lowest BCUT2D eigenvalue weighted by atomic mass is 10.0. The molecule has 1 fully saturated rings. The van der Waals surface area contributed by atoms with Crippen molar-refractivity contribution in [2.24, 2.45) is 5.73 Å². The van der Waals surface area contributed by atoms with Gasteiger partial charge in [-0.25, -0.2) is 4.79 Å². The minimum atomic E-state index is -0.523.